The lowest BCUT2D eigenvalue weighted by Gasteiger charge is -2.15. The summed E-state index contributed by atoms with van der Waals surface area (Å²) in [4.78, 5) is 18.5. The Morgan fingerprint density at radius 3 is 3.06 bits per heavy atom. The Balaban J connectivity index is 2.29. The number of H-pyrrole nitrogens is 1. The minimum atomic E-state index is -0.0802. The molecule has 0 saturated carbocycles. The minimum absolute atomic E-state index is 0.0802. The highest BCUT2D eigenvalue weighted by molar-refractivity contribution is 9.10. The number of fused-ring (bicyclic) bond motifs is 3. The van der Waals surface area contributed by atoms with Gasteiger partial charge in [0, 0.05) is 5.52 Å². The summed E-state index contributed by atoms with van der Waals surface area (Å²) in [6, 6.07) is 5.50. The lowest BCUT2D eigenvalue weighted by molar-refractivity contribution is 0.0977. The summed E-state index contributed by atoms with van der Waals surface area (Å²) in [6.45, 7) is 7.02. The van der Waals surface area contributed by atoms with E-state index in [0.29, 0.717) is 11.4 Å². The fourth-order valence-corrected chi connectivity index (χ4v) is 2.79. The molecule has 0 amide bonds. The van der Waals surface area contributed by atoms with Crippen molar-refractivity contribution >= 4 is 38.3 Å². The molecule has 1 heterocycles. The molecule has 1 atom stereocenters. The van der Waals surface area contributed by atoms with Crippen LogP contribution < -0.4 is 0 Å². The fourth-order valence-electron chi connectivity index (χ4n) is 2.33. The number of hydrogen-bond acceptors (Lipinski definition) is 1. The minimum Gasteiger partial charge on any atom is -0.352 e. The average molecular weight is 289 g/mol. The van der Waals surface area contributed by atoms with E-state index in [9.17, 15) is 4.79 Å². The summed E-state index contributed by atoms with van der Waals surface area (Å²) in [5.41, 5.74) is 3.33. The van der Waals surface area contributed by atoms with Crippen LogP contribution in [0.3, 0.4) is 0 Å². The normalized spacial score (nSPS) is 19.1. The van der Waals surface area contributed by atoms with Crippen LogP contribution in [0, 0.1) is 6.57 Å². The summed E-state index contributed by atoms with van der Waals surface area (Å²) in [5, 5.41) is 1.02. The molecule has 84 valence electrons. The molecule has 3 nitrogen and oxygen atoms in total. The second-order valence-electron chi connectivity index (χ2n) is 4.19. The van der Waals surface area contributed by atoms with Gasteiger partial charge in [0.1, 0.15) is 0 Å². The number of nitrogens with zero attached hydrogens (tertiary/aromatic N) is 1. The van der Waals surface area contributed by atoms with Crippen LogP contribution in [0.25, 0.3) is 15.7 Å². The molecule has 3 rings (SSSR count). The van der Waals surface area contributed by atoms with Gasteiger partial charge < -0.3 is 4.98 Å². The van der Waals surface area contributed by atoms with Gasteiger partial charge in [-0.15, -0.1) is 0 Å². The van der Waals surface area contributed by atoms with Crippen LogP contribution in [0.1, 0.15) is 22.5 Å². The quantitative estimate of drug-likeness (QED) is 0.584. The van der Waals surface area contributed by atoms with Crippen molar-refractivity contribution in [3.05, 3.63) is 40.9 Å². The molecule has 1 unspecified atom stereocenters. The number of aromatic nitrogens is 1. The maximum absolute atomic E-state index is 12.0. The van der Waals surface area contributed by atoms with Gasteiger partial charge in [-0.2, -0.15) is 0 Å². The van der Waals surface area contributed by atoms with Gasteiger partial charge in [0.05, 0.1) is 17.1 Å². The molecule has 0 radical (unpaired) electrons. The molecular formula is C13H9BrN2O. The van der Waals surface area contributed by atoms with Crippen LogP contribution in [0.15, 0.2) is 18.2 Å². The summed E-state index contributed by atoms with van der Waals surface area (Å²) >= 11 is 3.39. The van der Waals surface area contributed by atoms with E-state index >= 15 is 0 Å². The van der Waals surface area contributed by atoms with Gasteiger partial charge in [-0.25, -0.2) is 4.85 Å². The van der Waals surface area contributed by atoms with Gasteiger partial charge in [-0.1, -0.05) is 22.0 Å². The van der Waals surface area contributed by atoms with Crippen LogP contribution in [-0.4, -0.2) is 15.6 Å². The number of ketones is 1. The van der Waals surface area contributed by atoms with E-state index in [2.05, 4.69) is 25.8 Å². The number of halogens is 1. The summed E-state index contributed by atoms with van der Waals surface area (Å²) < 4.78 is 0. The van der Waals surface area contributed by atoms with Crippen molar-refractivity contribution in [2.45, 2.75) is 17.7 Å². The molecule has 1 aliphatic carbocycles. The molecule has 1 aliphatic rings. The Bertz CT molecular complexity index is 666. The number of aryl methyl sites for hydroxylation is 1. The van der Waals surface area contributed by atoms with E-state index in [1.807, 2.05) is 12.1 Å². The molecule has 0 aliphatic heterocycles. The van der Waals surface area contributed by atoms with Crippen molar-refractivity contribution in [1.82, 2.24) is 4.98 Å². The van der Waals surface area contributed by atoms with Gasteiger partial charge in [-0.3, -0.25) is 4.79 Å². The monoisotopic (exact) mass is 288 g/mol. The number of carbonyl (C=O) groups excluding carboxylic acids is 1. The molecule has 4 heteroatoms. The van der Waals surface area contributed by atoms with Crippen molar-refractivity contribution in [2.75, 3.05) is 0 Å². The van der Waals surface area contributed by atoms with E-state index in [4.69, 9.17) is 6.57 Å². The summed E-state index contributed by atoms with van der Waals surface area (Å²) in [7, 11) is 0. The highest BCUT2D eigenvalue weighted by atomic mass is 79.9. The number of hydrogen-bond donors (Lipinski definition) is 1. The van der Waals surface area contributed by atoms with Gasteiger partial charge in [0.15, 0.2) is 11.5 Å². The zero-order valence-corrected chi connectivity index (χ0v) is 10.5. The van der Waals surface area contributed by atoms with E-state index < -0.39 is 0 Å². The number of benzene rings is 1. The molecule has 0 bridgehead atoms. The van der Waals surface area contributed by atoms with Crippen molar-refractivity contribution in [1.29, 1.82) is 0 Å². The third-order valence-electron chi connectivity index (χ3n) is 3.20. The standard InChI is InChI=1S/C13H9BrN2O/c1-15-7-2-5-11-9(6-7)8-3-4-10(14)13(17)12(8)16-11/h2,5-6,10,16H,3-4H2. The van der Waals surface area contributed by atoms with Crippen molar-refractivity contribution < 1.29 is 4.79 Å². The van der Waals surface area contributed by atoms with Crippen LogP contribution in [0.5, 0.6) is 0 Å². The molecular weight excluding hydrogens is 280 g/mol. The van der Waals surface area contributed by atoms with E-state index in [1.54, 1.807) is 6.07 Å². The SMILES string of the molecule is [C-]#[N+]c1ccc2[nH]c3c(c2c1)CCC(Br)C3=O. The van der Waals surface area contributed by atoms with Gasteiger partial charge in [-0.05, 0) is 35.9 Å². The van der Waals surface area contributed by atoms with Crippen LogP contribution in [-0.2, 0) is 6.42 Å². The van der Waals surface area contributed by atoms with E-state index in [-0.39, 0.29) is 10.6 Å². The molecule has 1 aromatic carbocycles. The molecule has 0 saturated heterocycles. The first-order chi connectivity index (χ1) is 8.20. The third-order valence-corrected chi connectivity index (χ3v) is 4.07. The van der Waals surface area contributed by atoms with Crippen LogP contribution in [0.4, 0.5) is 5.69 Å². The number of Topliss-reactive ketones (excluding diaryl/α,β-unsaturated/α-hetero) is 1. The molecule has 0 spiro atoms. The van der Waals surface area contributed by atoms with Crippen LogP contribution in [0.2, 0.25) is 0 Å². The summed E-state index contributed by atoms with van der Waals surface area (Å²) in [5.74, 6) is 0.117. The van der Waals surface area contributed by atoms with E-state index in [0.717, 1.165) is 29.3 Å². The Kier molecular flexibility index (Phi) is 2.30. The van der Waals surface area contributed by atoms with Crippen LogP contribution >= 0.6 is 15.9 Å². The maximum atomic E-state index is 12.0. The van der Waals surface area contributed by atoms with Crippen molar-refractivity contribution in [3.63, 3.8) is 0 Å². The predicted octanol–water partition coefficient (Wildman–Crippen LogP) is 3.61. The Morgan fingerprint density at radius 2 is 2.29 bits per heavy atom. The fraction of sp³-hybridized carbons (Fsp3) is 0.231. The molecule has 1 aromatic heterocycles. The Hall–Kier alpha value is -1.60. The number of alkyl halides is 1. The first-order valence-corrected chi connectivity index (χ1v) is 6.32. The number of carbonyl (C=O) groups is 1. The number of rotatable bonds is 0. The van der Waals surface area contributed by atoms with Gasteiger partial charge >= 0.3 is 0 Å². The number of aromatic amines is 1. The zero-order valence-electron chi connectivity index (χ0n) is 8.96. The smallest absolute Gasteiger partial charge is 0.192 e. The van der Waals surface area contributed by atoms with E-state index in [1.165, 1.54) is 0 Å². The maximum Gasteiger partial charge on any atom is 0.192 e. The second kappa shape index (κ2) is 3.71. The largest absolute Gasteiger partial charge is 0.352 e. The highest BCUT2D eigenvalue weighted by Gasteiger charge is 2.28. The topological polar surface area (TPSA) is 37.2 Å². The molecule has 17 heavy (non-hydrogen) atoms. The zero-order chi connectivity index (χ0) is 12.0. The van der Waals surface area contributed by atoms with Gasteiger partial charge in [0.25, 0.3) is 0 Å². The molecule has 1 N–H and O–H groups in total. The molecule has 0 fully saturated rings. The first-order valence-electron chi connectivity index (χ1n) is 5.41. The summed E-state index contributed by atoms with van der Waals surface area (Å²) in [6.07, 6.45) is 1.69. The first kappa shape index (κ1) is 10.5. The average Bonchev–Trinajstić information content (AvgIpc) is 2.72. The lowest BCUT2D eigenvalue weighted by Crippen LogP contribution is -2.21. The predicted molar refractivity (Wildman–Crippen MR) is 69.9 cm³/mol. The van der Waals surface area contributed by atoms with Crippen molar-refractivity contribution in [2.24, 2.45) is 0 Å². The van der Waals surface area contributed by atoms with Crippen molar-refractivity contribution in [3.8, 4) is 0 Å². The van der Waals surface area contributed by atoms with Gasteiger partial charge in [0.2, 0.25) is 0 Å². The second-order valence-corrected chi connectivity index (χ2v) is 5.30. The molecule has 2 aromatic rings. The lowest BCUT2D eigenvalue weighted by atomic mass is 9.94. The Labute approximate surface area is 107 Å². The number of nitrogens with one attached hydrogen (secondary N) is 1. The Morgan fingerprint density at radius 1 is 1.47 bits per heavy atom. The highest BCUT2D eigenvalue weighted by Crippen LogP contribution is 2.33. The third kappa shape index (κ3) is 1.50.